The Morgan fingerprint density at radius 1 is 1.38 bits per heavy atom. The lowest BCUT2D eigenvalue weighted by Gasteiger charge is -2.27. The van der Waals surface area contributed by atoms with E-state index in [9.17, 15) is 5.11 Å². The molecule has 1 saturated carbocycles. The molecule has 0 atom stereocenters. The predicted octanol–water partition coefficient (Wildman–Crippen LogP) is 2.13. The number of aliphatic hydroxyl groups is 1. The van der Waals surface area contributed by atoms with Crippen LogP contribution >= 0.6 is 11.6 Å². The van der Waals surface area contributed by atoms with Gasteiger partial charge < -0.3 is 10.4 Å². The third-order valence-electron chi connectivity index (χ3n) is 3.30. The fourth-order valence-corrected chi connectivity index (χ4v) is 2.34. The molecule has 0 bridgehead atoms. The van der Waals surface area contributed by atoms with Crippen LogP contribution in [0.2, 0.25) is 5.02 Å². The van der Waals surface area contributed by atoms with E-state index in [-0.39, 0.29) is 12.1 Å². The highest BCUT2D eigenvalue weighted by molar-refractivity contribution is 6.30. The zero-order chi connectivity index (χ0) is 11.4. The summed E-state index contributed by atoms with van der Waals surface area (Å²) in [5.74, 6) is 0. The average molecular weight is 241 g/mol. The van der Waals surface area contributed by atoms with Gasteiger partial charge in [0.15, 0.2) is 0 Å². The number of nitrogens with one attached hydrogen (secondary N) is 1. The van der Waals surface area contributed by atoms with Gasteiger partial charge in [-0.15, -0.1) is 0 Å². The van der Waals surface area contributed by atoms with Crippen LogP contribution in [0.4, 0.5) is 0 Å². The SMILES string of the molecule is OCC1(NCc2ccc(Cl)cn2)CCCC1. The van der Waals surface area contributed by atoms with E-state index in [4.69, 9.17) is 11.6 Å². The van der Waals surface area contributed by atoms with E-state index in [0.717, 1.165) is 18.5 Å². The molecule has 3 nitrogen and oxygen atoms in total. The largest absolute Gasteiger partial charge is 0.394 e. The van der Waals surface area contributed by atoms with Gasteiger partial charge in [-0.3, -0.25) is 4.98 Å². The third-order valence-corrected chi connectivity index (χ3v) is 3.52. The van der Waals surface area contributed by atoms with Gasteiger partial charge in [0, 0.05) is 18.3 Å². The van der Waals surface area contributed by atoms with Crippen LogP contribution in [0.1, 0.15) is 31.4 Å². The molecule has 1 aliphatic rings. The maximum absolute atomic E-state index is 9.43. The van der Waals surface area contributed by atoms with Gasteiger partial charge in [0.2, 0.25) is 0 Å². The molecule has 16 heavy (non-hydrogen) atoms. The van der Waals surface area contributed by atoms with Crippen molar-refractivity contribution in [3.8, 4) is 0 Å². The Bertz CT molecular complexity index is 333. The van der Waals surface area contributed by atoms with Crippen molar-refractivity contribution in [2.75, 3.05) is 6.61 Å². The molecule has 0 radical (unpaired) electrons. The molecule has 0 saturated heterocycles. The van der Waals surface area contributed by atoms with Gasteiger partial charge in [-0.25, -0.2) is 0 Å². The third kappa shape index (κ3) is 2.73. The molecule has 0 aliphatic heterocycles. The minimum Gasteiger partial charge on any atom is -0.394 e. The Labute approximate surface area is 101 Å². The first-order valence-corrected chi connectivity index (χ1v) is 6.08. The minimum absolute atomic E-state index is 0.0820. The standard InChI is InChI=1S/C12H17ClN2O/c13-10-3-4-11(14-7-10)8-15-12(9-16)5-1-2-6-12/h3-4,7,15-16H,1-2,5-6,8-9H2. The minimum atomic E-state index is -0.0820. The Morgan fingerprint density at radius 3 is 2.69 bits per heavy atom. The monoisotopic (exact) mass is 240 g/mol. The van der Waals surface area contributed by atoms with Crippen molar-refractivity contribution in [2.24, 2.45) is 0 Å². The van der Waals surface area contributed by atoms with E-state index in [1.165, 1.54) is 12.8 Å². The number of hydrogen-bond donors (Lipinski definition) is 2. The van der Waals surface area contributed by atoms with Gasteiger partial charge in [0.05, 0.1) is 17.3 Å². The van der Waals surface area contributed by atoms with Crippen LogP contribution in [0, 0.1) is 0 Å². The van der Waals surface area contributed by atoms with Crippen molar-refractivity contribution in [1.82, 2.24) is 10.3 Å². The normalized spacial score (nSPS) is 18.9. The molecule has 0 aromatic carbocycles. The second-order valence-electron chi connectivity index (χ2n) is 4.47. The van der Waals surface area contributed by atoms with Gasteiger partial charge in [0.25, 0.3) is 0 Å². The summed E-state index contributed by atoms with van der Waals surface area (Å²) in [6.45, 7) is 0.901. The maximum atomic E-state index is 9.43. The first kappa shape index (κ1) is 11.8. The molecular formula is C12H17ClN2O. The van der Waals surface area contributed by atoms with E-state index in [2.05, 4.69) is 10.3 Å². The molecule has 2 rings (SSSR count). The van der Waals surface area contributed by atoms with Crippen LogP contribution in [-0.4, -0.2) is 22.2 Å². The smallest absolute Gasteiger partial charge is 0.0613 e. The Hall–Kier alpha value is -0.640. The number of aliphatic hydroxyl groups excluding tert-OH is 1. The van der Waals surface area contributed by atoms with Crippen LogP contribution in [0.3, 0.4) is 0 Å². The molecule has 1 aromatic rings. The van der Waals surface area contributed by atoms with Gasteiger partial charge in [-0.05, 0) is 25.0 Å². The predicted molar refractivity (Wildman–Crippen MR) is 64.4 cm³/mol. The van der Waals surface area contributed by atoms with Crippen molar-refractivity contribution >= 4 is 11.6 Å². The molecule has 88 valence electrons. The summed E-state index contributed by atoms with van der Waals surface area (Å²) in [5, 5.41) is 13.5. The van der Waals surface area contributed by atoms with Crippen LogP contribution in [-0.2, 0) is 6.54 Å². The fourth-order valence-electron chi connectivity index (χ4n) is 2.23. The number of halogens is 1. The molecule has 1 aliphatic carbocycles. The summed E-state index contributed by atoms with van der Waals surface area (Å²) in [5.41, 5.74) is 0.880. The van der Waals surface area contributed by atoms with Gasteiger partial charge in [-0.1, -0.05) is 24.4 Å². The second kappa shape index (κ2) is 5.13. The molecule has 0 unspecified atom stereocenters. The molecule has 4 heteroatoms. The summed E-state index contributed by atoms with van der Waals surface area (Å²) in [4.78, 5) is 4.23. The fraction of sp³-hybridized carbons (Fsp3) is 0.583. The molecule has 0 spiro atoms. The lowest BCUT2D eigenvalue weighted by Crippen LogP contribution is -2.45. The lowest BCUT2D eigenvalue weighted by atomic mass is 9.99. The quantitative estimate of drug-likeness (QED) is 0.848. The zero-order valence-corrected chi connectivity index (χ0v) is 10.0. The van der Waals surface area contributed by atoms with Crippen molar-refractivity contribution in [3.05, 3.63) is 29.0 Å². The number of pyridine rings is 1. The van der Waals surface area contributed by atoms with E-state index in [1.54, 1.807) is 6.20 Å². The highest BCUT2D eigenvalue weighted by Gasteiger charge is 2.32. The first-order valence-electron chi connectivity index (χ1n) is 5.70. The Morgan fingerprint density at radius 2 is 2.12 bits per heavy atom. The molecule has 1 aromatic heterocycles. The summed E-state index contributed by atoms with van der Waals surface area (Å²) in [6.07, 6.45) is 6.15. The van der Waals surface area contributed by atoms with Gasteiger partial charge in [-0.2, -0.15) is 0 Å². The first-order chi connectivity index (χ1) is 7.74. The van der Waals surface area contributed by atoms with Crippen LogP contribution in [0.25, 0.3) is 0 Å². The van der Waals surface area contributed by atoms with Crippen molar-refractivity contribution in [3.63, 3.8) is 0 Å². The lowest BCUT2D eigenvalue weighted by molar-refractivity contribution is 0.162. The van der Waals surface area contributed by atoms with E-state index < -0.39 is 0 Å². The van der Waals surface area contributed by atoms with Crippen LogP contribution < -0.4 is 5.32 Å². The Kier molecular flexibility index (Phi) is 3.79. The molecule has 1 heterocycles. The second-order valence-corrected chi connectivity index (χ2v) is 4.90. The van der Waals surface area contributed by atoms with Gasteiger partial charge >= 0.3 is 0 Å². The molecule has 2 N–H and O–H groups in total. The highest BCUT2D eigenvalue weighted by Crippen LogP contribution is 2.29. The number of aromatic nitrogens is 1. The topological polar surface area (TPSA) is 45.1 Å². The summed E-state index contributed by atoms with van der Waals surface area (Å²) in [6, 6.07) is 3.75. The number of rotatable bonds is 4. The highest BCUT2D eigenvalue weighted by atomic mass is 35.5. The van der Waals surface area contributed by atoms with E-state index in [0.29, 0.717) is 11.6 Å². The molecule has 0 amide bonds. The van der Waals surface area contributed by atoms with E-state index in [1.807, 2.05) is 12.1 Å². The van der Waals surface area contributed by atoms with Crippen LogP contribution in [0.15, 0.2) is 18.3 Å². The summed E-state index contributed by atoms with van der Waals surface area (Å²) >= 11 is 5.77. The van der Waals surface area contributed by atoms with Crippen molar-refractivity contribution in [1.29, 1.82) is 0 Å². The van der Waals surface area contributed by atoms with Crippen molar-refractivity contribution in [2.45, 2.75) is 37.8 Å². The van der Waals surface area contributed by atoms with E-state index >= 15 is 0 Å². The molecular weight excluding hydrogens is 224 g/mol. The number of hydrogen-bond acceptors (Lipinski definition) is 3. The maximum Gasteiger partial charge on any atom is 0.0613 e. The summed E-state index contributed by atoms with van der Waals surface area (Å²) in [7, 11) is 0. The average Bonchev–Trinajstić information content (AvgIpc) is 2.78. The van der Waals surface area contributed by atoms with Crippen LogP contribution in [0.5, 0.6) is 0 Å². The zero-order valence-electron chi connectivity index (χ0n) is 9.25. The molecule has 1 fully saturated rings. The number of nitrogens with zero attached hydrogens (tertiary/aromatic N) is 1. The summed E-state index contributed by atoms with van der Waals surface area (Å²) < 4.78 is 0. The van der Waals surface area contributed by atoms with Crippen molar-refractivity contribution < 1.29 is 5.11 Å². The Balaban J connectivity index is 1.93. The van der Waals surface area contributed by atoms with Gasteiger partial charge in [0.1, 0.15) is 0 Å².